The molecule has 0 unspecified atom stereocenters. The minimum atomic E-state index is -3.37. The summed E-state index contributed by atoms with van der Waals surface area (Å²) in [7, 11) is -3.37. The fraction of sp³-hybridized carbons (Fsp3) is 0.571. The molecule has 0 saturated carbocycles. The molecule has 1 aromatic carbocycles. The number of unbranched alkanes of at least 4 members (excludes halogenated alkanes) is 1. The molecule has 19 heavy (non-hydrogen) atoms. The summed E-state index contributed by atoms with van der Waals surface area (Å²) in [5.41, 5.74) is 0. The van der Waals surface area contributed by atoms with Crippen molar-refractivity contribution in [2.75, 3.05) is 19.7 Å². The Morgan fingerprint density at radius 3 is 2.11 bits per heavy atom. The molecule has 0 aliphatic heterocycles. The van der Waals surface area contributed by atoms with Crippen molar-refractivity contribution in [2.24, 2.45) is 0 Å². The van der Waals surface area contributed by atoms with Gasteiger partial charge < -0.3 is 4.74 Å². The summed E-state index contributed by atoms with van der Waals surface area (Å²) >= 11 is 0. The summed E-state index contributed by atoms with van der Waals surface area (Å²) in [5, 5.41) is 0. The minimum absolute atomic E-state index is 0.319. The lowest BCUT2D eigenvalue weighted by Crippen LogP contribution is -2.30. The van der Waals surface area contributed by atoms with Crippen molar-refractivity contribution in [1.29, 1.82) is 0 Å². The quantitative estimate of drug-likeness (QED) is 0.690. The van der Waals surface area contributed by atoms with E-state index in [1.165, 1.54) is 4.31 Å². The van der Waals surface area contributed by atoms with Crippen LogP contribution >= 0.6 is 0 Å². The molecule has 0 amide bonds. The van der Waals surface area contributed by atoms with Crippen LogP contribution in [-0.2, 0) is 10.0 Å². The number of hydrogen-bond acceptors (Lipinski definition) is 3. The van der Waals surface area contributed by atoms with E-state index in [2.05, 4.69) is 6.92 Å². The average Bonchev–Trinajstić information content (AvgIpc) is 2.41. The molecule has 0 spiro atoms. The van der Waals surface area contributed by atoms with Gasteiger partial charge in [0.2, 0.25) is 10.0 Å². The second-order valence-corrected chi connectivity index (χ2v) is 6.20. The lowest BCUT2D eigenvalue weighted by atomic mass is 10.3. The molecule has 4 nitrogen and oxygen atoms in total. The molecule has 5 heteroatoms. The van der Waals surface area contributed by atoms with E-state index < -0.39 is 10.0 Å². The van der Waals surface area contributed by atoms with Gasteiger partial charge in [-0.1, -0.05) is 27.2 Å². The number of benzene rings is 1. The smallest absolute Gasteiger partial charge is 0.243 e. The minimum Gasteiger partial charge on any atom is -0.494 e. The molecule has 0 aliphatic carbocycles. The first-order valence-electron chi connectivity index (χ1n) is 6.79. The Labute approximate surface area is 116 Å². The summed E-state index contributed by atoms with van der Waals surface area (Å²) in [5.74, 6) is 0.715. The predicted octanol–water partition coefficient (Wildman–Crippen LogP) is 2.90. The Bertz CT molecular complexity index is 464. The van der Waals surface area contributed by atoms with Gasteiger partial charge in [0.1, 0.15) is 5.75 Å². The molecule has 0 atom stereocenters. The number of rotatable bonds is 8. The van der Waals surface area contributed by atoms with Crippen LogP contribution in [0.15, 0.2) is 29.2 Å². The monoisotopic (exact) mass is 285 g/mol. The van der Waals surface area contributed by atoms with Crippen molar-refractivity contribution in [3.8, 4) is 5.75 Å². The summed E-state index contributed by atoms with van der Waals surface area (Å²) in [4.78, 5) is 0.319. The predicted molar refractivity (Wildman–Crippen MR) is 77.0 cm³/mol. The summed E-state index contributed by atoms with van der Waals surface area (Å²) < 4.78 is 31.5. The van der Waals surface area contributed by atoms with E-state index in [4.69, 9.17) is 4.74 Å². The van der Waals surface area contributed by atoms with Crippen molar-refractivity contribution < 1.29 is 13.2 Å². The van der Waals surface area contributed by atoms with Gasteiger partial charge in [-0.15, -0.1) is 0 Å². The van der Waals surface area contributed by atoms with Gasteiger partial charge in [-0.25, -0.2) is 8.42 Å². The molecule has 1 aromatic rings. The number of sulfonamides is 1. The largest absolute Gasteiger partial charge is 0.494 e. The standard InChI is InChI=1S/C14H23NO3S/c1-4-7-12-18-13-8-10-14(11-9-13)19(16,17)15(5-2)6-3/h8-11H,4-7,12H2,1-3H3. The van der Waals surface area contributed by atoms with Crippen LogP contribution in [0.1, 0.15) is 33.6 Å². The van der Waals surface area contributed by atoms with Crippen LogP contribution in [0.2, 0.25) is 0 Å². The van der Waals surface area contributed by atoms with Gasteiger partial charge in [-0.05, 0) is 30.7 Å². The van der Waals surface area contributed by atoms with E-state index in [-0.39, 0.29) is 0 Å². The first-order chi connectivity index (χ1) is 9.06. The van der Waals surface area contributed by atoms with Gasteiger partial charge in [0, 0.05) is 13.1 Å². The van der Waals surface area contributed by atoms with Crippen LogP contribution in [0.3, 0.4) is 0 Å². The number of nitrogens with zero attached hydrogens (tertiary/aromatic N) is 1. The van der Waals surface area contributed by atoms with Crippen LogP contribution < -0.4 is 4.74 Å². The van der Waals surface area contributed by atoms with Gasteiger partial charge in [-0.3, -0.25) is 0 Å². The SMILES string of the molecule is CCCCOc1ccc(S(=O)(=O)N(CC)CC)cc1. The van der Waals surface area contributed by atoms with Crippen LogP contribution in [0.5, 0.6) is 5.75 Å². The molecule has 1 rings (SSSR count). The Kier molecular flexibility index (Phi) is 6.31. The van der Waals surface area contributed by atoms with Crippen molar-refractivity contribution in [3.05, 3.63) is 24.3 Å². The Morgan fingerprint density at radius 1 is 1.05 bits per heavy atom. The highest BCUT2D eigenvalue weighted by Gasteiger charge is 2.21. The Balaban J connectivity index is 2.80. The van der Waals surface area contributed by atoms with Gasteiger partial charge in [0.05, 0.1) is 11.5 Å². The van der Waals surface area contributed by atoms with Gasteiger partial charge >= 0.3 is 0 Å². The van der Waals surface area contributed by atoms with E-state index >= 15 is 0 Å². The molecule has 0 aromatic heterocycles. The van der Waals surface area contributed by atoms with Crippen LogP contribution in [-0.4, -0.2) is 32.4 Å². The third-order valence-corrected chi connectivity index (χ3v) is 5.00. The molecular formula is C14H23NO3S. The van der Waals surface area contributed by atoms with E-state index in [1.807, 2.05) is 13.8 Å². The lowest BCUT2D eigenvalue weighted by molar-refractivity contribution is 0.309. The topological polar surface area (TPSA) is 46.6 Å². The lowest BCUT2D eigenvalue weighted by Gasteiger charge is -2.18. The normalized spacial score (nSPS) is 11.8. The zero-order chi connectivity index (χ0) is 14.3. The van der Waals surface area contributed by atoms with E-state index in [9.17, 15) is 8.42 Å². The first-order valence-corrected chi connectivity index (χ1v) is 8.23. The zero-order valence-corrected chi connectivity index (χ0v) is 12.7. The Morgan fingerprint density at radius 2 is 1.63 bits per heavy atom. The maximum absolute atomic E-state index is 12.3. The third-order valence-electron chi connectivity index (χ3n) is 2.93. The highest BCUT2D eigenvalue weighted by Crippen LogP contribution is 2.19. The van der Waals surface area contributed by atoms with Crippen molar-refractivity contribution >= 4 is 10.0 Å². The second kappa shape index (κ2) is 7.50. The van der Waals surface area contributed by atoms with E-state index in [0.717, 1.165) is 12.8 Å². The highest BCUT2D eigenvalue weighted by molar-refractivity contribution is 7.89. The molecule has 0 fully saturated rings. The number of hydrogen-bond donors (Lipinski definition) is 0. The fourth-order valence-corrected chi connectivity index (χ4v) is 3.21. The molecule has 0 aliphatic rings. The van der Waals surface area contributed by atoms with Crippen LogP contribution in [0.25, 0.3) is 0 Å². The maximum atomic E-state index is 12.3. The second-order valence-electron chi connectivity index (χ2n) is 4.26. The maximum Gasteiger partial charge on any atom is 0.243 e. The Hall–Kier alpha value is -1.07. The van der Waals surface area contributed by atoms with Crippen molar-refractivity contribution in [1.82, 2.24) is 4.31 Å². The molecule has 0 heterocycles. The molecule has 0 radical (unpaired) electrons. The highest BCUT2D eigenvalue weighted by atomic mass is 32.2. The molecular weight excluding hydrogens is 262 g/mol. The molecule has 108 valence electrons. The van der Waals surface area contributed by atoms with Crippen LogP contribution in [0.4, 0.5) is 0 Å². The van der Waals surface area contributed by atoms with Gasteiger partial charge in [0.15, 0.2) is 0 Å². The van der Waals surface area contributed by atoms with Gasteiger partial charge in [0.25, 0.3) is 0 Å². The van der Waals surface area contributed by atoms with E-state index in [1.54, 1.807) is 24.3 Å². The first kappa shape index (κ1) is 16.0. The van der Waals surface area contributed by atoms with Crippen LogP contribution in [0, 0.1) is 0 Å². The molecule has 0 saturated heterocycles. The van der Waals surface area contributed by atoms with Crippen molar-refractivity contribution in [2.45, 2.75) is 38.5 Å². The molecule has 0 N–H and O–H groups in total. The van der Waals surface area contributed by atoms with E-state index in [0.29, 0.717) is 30.3 Å². The summed E-state index contributed by atoms with van der Waals surface area (Å²) in [6.45, 7) is 7.40. The molecule has 0 bridgehead atoms. The number of ether oxygens (including phenoxy) is 1. The zero-order valence-electron chi connectivity index (χ0n) is 11.9. The van der Waals surface area contributed by atoms with Gasteiger partial charge in [-0.2, -0.15) is 4.31 Å². The fourth-order valence-electron chi connectivity index (χ4n) is 1.75. The summed E-state index contributed by atoms with van der Waals surface area (Å²) in [6.07, 6.45) is 2.08. The third kappa shape index (κ3) is 4.21. The van der Waals surface area contributed by atoms with Crippen molar-refractivity contribution in [3.63, 3.8) is 0 Å². The average molecular weight is 285 g/mol. The summed E-state index contributed by atoms with van der Waals surface area (Å²) in [6, 6.07) is 6.64.